The predicted molar refractivity (Wildman–Crippen MR) is 46.0 cm³/mol. The number of aliphatic carboxylic acids is 1. The van der Waals surface area contributed by atoms with Crippen molar-refractivity contribution in [3.63, 3.8) is 0 Å². The van der Waals surface area contributed by atoms with Gasteiger partial charge in [-0.2, -0.15) is 0 Å². The van der Waals surface area contributed by atoms with E-state index in [1.54, 1.807) is 0 Å². The Hall–Kier alpha value is 0.536. The van der Waals surface area contributed by atoms with Gasteiger partial charge in [-0.05, 0) is 13.8 Å². The third-order valence-corrected chi connectivity index (χ3v) is 1.14. The molecule has 1 unspecified atom stereocenters. The van der Waals surface area contributed by atoms with Crippen LogP contribution in [0.5, 0.6) is 0 Å². The van der Waals surface area contributed by atoms with Crippen LogP contribution in [0, 0.1) is 0 Å². The molecule has 0 aliphatic rings. The van der Waals surface area contributed by atoms with Crippen LogP contribution >= 0.6 is 0 Å². The number of carboxylic acid groups (broad SMARTS) is 1. The van der Waals surface area contributed by atoms with Gasteiger partial charge in [0.1, 0.15) is 6.04 Å². The van der Waals surface area contributed by atoms with Crippen LogP contribution in [-0.4, -0.2) is 80.5 Å². The third-order valence-electron chi connectivity index (χ3n) is 1.14. The van der Waals surface area contributed by atoms with Crippen molar-refractivity contribution in [1.82, 2.24) is 5.32 Å². The summed E-state index contributed by atoms with van der Waals surface area (Å²) in [7, 11) is 0. The Morgan fingerprint density at radius 3 is 2.08 bits per heavy atom. The fraction of sp³-hybridized carbons (Fsp3) is 0.667. The van der Waals surface area contributed by atoms with Gasteiger partial charge in [-0.3, -0.25) is 9.59 Å². The van der Waals surface area contributed by atoms with Crippen molar-refractivity contribution in [1.29, 1.82) is 0 Å². The Labute approximate surface area is 113 Å². The summed E-state index contributed by atoms with van der Waals surface area (Å²) in [6.45, 7) is 2.87. The number of hydrogen-bond donors (Lipinski definition) is 3. The van der Waals surface area contributed by atoms with Crippen LogP contribution in [0.15, 0.2) is 0 Å². The zero-order valence-corrected chi connectivity index (χ0v) is 6.50. The number of nitrogens with one attached hydrogen (secondary N) is 1. The molecule has 0 radical (unpaired) electrons. The second kappa shape index (κ2) is 6.99. The first-order valence-corrected chi connectivity index (χ1v) is 3.24. The van der Waals surface area contributed by atoms with Gasteiger partial charge < -0.3 is 16.2 Å². The van der Waals surface area contributed by atoms with Crippen LogP contribution < -0.4 is 11.1 Å². The fourth-order valence-electron chi connectivity index (χ4n) is 0.407. The summed E-state index contributed by atoms with van der Waals surface area (Å²) in [5, 5.41) is 10.6. The van der Waals surface area contributed by atoms with E-state index in [-0.39, 0.29) is 51.4 Å². The van der Waals surface area contributed by atoms with Gasteiger partial charge in [0.2, 0.25) is 5.91 Å². The second-order valence-electron chi connectivity index (χ2n) is 2.36. The standard InChI is InChI=1S/C6H12N2O3.K.H/c1-3(7)5(9)8-4(2)6(10)11;;/h3-4H,7H2,1-2H3,(H,8,9)(H,10,11);;/t3?,4-;;/m0../s1. The number of carbonyl (C=O) groups is 2. The maximum absolute atomic E-state index is 10.8. The second-order valence-corrected chi connectivity index (χ2v) is 2.36. The van der Waals surface area contributed by atoms with Gasteiger partial charge in [0.25, 0.3) is 0 Å². The number of carbonyl (C=O) groups excluding carboxylic acids is 1. The van der Waals surface area contributed by atoms with Crippen LogP contribution in [0.1, 0.15) is 13.8 Å². The topological polar surface area (TPSA) is 92.4 Å². The molecule has 0 bridgehead atoms. The molecule has 0 aromatic rings. The Morgan fingerprint density at radius 2 is 1.83 bits per heavy atom. The molecular weight excluding hydrogens is 187 g/mol. The molecule has 1 amide bonds. The molecule has 0 heterocycles. The Morgan fingerprint density at radius 1 is 1.42 bits per heavy atom. The first-order chi connectivity index (χ1) is 4.95. The zero-order valence-electron chi connectivity index (χ0n) is 6.50. The molecule has 0 saturated carbocycles. The van der Waals surface area contributed by atoms with Crippen LogP contribution in [0.4, 0.5) is 0 Å². The van der Waals surface area contributed by atoms with Crippen molar-refractivity contribution < 1.29 is 14.7 Å². The van der Waals surface area contributed by atoms with E-state index in [1.165, 1.54) is 13.8 Å². The molecule has 0 rings (SSSR count). The molecule has 0 aromatic heterocycles. The van der Waals surface area contributed by atoms with Crippen molar-refractivity contribution in [2.24, 2.45) is 5.73 Å². The zero-order chi connectivity index (χ0) is 9.02. The van der Waals surface area contributed by atoms with Crippen molar-refractivity contribution in [3.05, 3.63) is 0 Å². The van der Waals surface area contributed by atoms with Gasteiger partial charge in [-0.25, -0.2) is 0 Å². The number of amides is 1. The number of rotatable bonds is 3. The fourth-order valence-corrected chi connectivity index (χ4v) is 0.407. The van der Waals surface area contributed by atoms with Crippen LogP contribution in [0.25, 0.3) is 0 Å². The summed E-state index contributed by atoms with van der Waals surface area (Å²) < 4.78 is 0. The number of hydrogen-bond acceptors (Lipinski definition) is 3. The van der Waals surface area contributed by atoms with Gasteiger partial charge in [0.15, 0.2) is 0 Å². The van der Waals surface area contributed by atoms with Crippen molar-refractivity contribution in [3.8, 4) is 0 Å². The SMILES string of the molecule is CC(N)C(=O)N[C@@H](C)C(=O)O.[KH]. The Bertz CT molecular complexity index is 172. The van der Waals surface area contributed by atoms with E-state index in [1.807, 2.05) is 0 Å². The van der Waals surface area contributed by atoms with Gasteiger partial charge in [-0.15, -0.1) is 0 Å². The van der Waals surface area contributed by atoms with Crippen LogP contribution in [-0.2, 0) is 9.59 Å². The normalized spacial score (nSPS) is 13.9. The summed E-state index contributed by atoms with van der Waals surface area (Å²) in [4.78, 5) is 21.0. The molecular formula is C6H13KN2O3. The molecule has 0 saturated heterocycles. The molecule has 2 atom stereocenters. The quantitative estimate of drug-likeness (QED) is 0.472. The first-order valence-electron chi connectivity index (χ1n) is 3.24. The summed E-state index contributed by atoms with van der Waals surface area (Å²) in [5.74, 6) is -1.53. The van der Waals surface area contributed by atoms with Crippen molar-refractivity contribution in [2.75, 3.05) is 0 Å². The van der Waals surface area contributed by atoms with Crippen LogP contribution in [0.3, 0.4) is 0 Å². The summed E-state index contributed by atoms with van der Waals surface area (Å²) in [6.07, 6.45) is 0. The molecule has 6 heteroatoms. The minimum absolute atomic E-state index is 0. The Balaban J connectivity index is 0. The molecule has 0 fully saturated rings. The molecule has 0 aliphatic carbocycles. The molecule has 0 aliphatic heterocycles. The molecule has 12 heavy (non-hydrogen) atoms. The maximum atomic E-state index is 10.8. The molecule has 4 N–H and O–H groups in total. The summed E-state index contributed by atoms with van der Waals surface area (Å²) in [5.41, 5.74) is 5.18. The average molecular weight is 200 g/mol. The Kier molecular flexibility index (Phi) is 8.75. The van der Waals surface area contributed by atoms with E-state index in [4.69, 9.17) is 10.8 Å². The van der Waals surface area contributed by atoms with Gasteiger partial charge >= 0.3 is 57.4 Å². The first kappa shape index (κ1) is 15.0. The third kappa shape index (κ3) is 6.10. The summed E-state index contributed by atoms with van der Waals surface area (Å²) in [6, 6.07) is -1.55. The van der Waals surface area contributed by atoms with E-state index < -0.39 is 24.0 Å². The summed E-state index contributed by atoms with van der Waals surface area (Å²) >= 11 is 0. The van der Waals surface area contributed by atoms with Crippen molar-refractivity contribution >= 4 is 63.3 Å². The molecule has 0 spiro atoms. The number of nitrogens with two attached hydrogens (primary N) is 1. The van der Waals surface area contributed by atoms with E-state index in [0.717, 1.165) is 0 Å². The van der Waals surface area contributed by atoms with Crippen LogP contribution in [0.2, 0.25) is 0 Å². The van der Waals surface area contributed by atoms with E-state index in [9.17, 15) is 9.59 Å². The molecule has 5 nitrogen and oxygen atoms in total. The van der Waals surface area contributed by atoms with Gasteiger partial charge in [0.05, 0.1) is 6.04 Å². The average Bonchev–Trinajstić information content (AvgIpc) is 1.87. The minimum atomic E-state index is -1.07. The van der Waals surface area contributed by atoms with Gasteiger partial charge in [0, 0.05) is 0 Å². The van der Waals surface area contributed by atoms with E-state index in [2.05, 4.69) is 5.32 Å². The number of carboxylic acids is 1. The van der Waals surface area contributed by atoms with E-state index in [0.29, 0.717) is 0 Å². The molecule has 66 valence electrons. The van der Waals surface area contributed by atoms with E-state index >= 15 is 0 Å². The molecule has 0 aromatic carbocycles. The van der Waals surface area contributed by atoms with Gasteiger partial charge in [-0.1, -0.05) is 0 Å². The monoisotopic (exact) mass is 200 g/mol. The van der Waals surface area contributed by atoms with Crippen molar-refractivity contribution in [2.45, 2.75) is 25.9 Å². The predicted octanol–water partition coefficient (Wildman–Crippen LogP) is -1.73.